The number of amides is 1. The van der Waals surface area contributed by atoms with Gasteiger partial charge in [0.05, 0.1) is 6.61 Å². The number of aromatic hydroxyl groups is 1. The maximum atomic E-state index is 11.6. The predicted octanol–water partition coefficient (Wildman–Crippen LogP) is 2.02. The number of carbonyl (C=O) groups excluding carboxylic acids is 1. The standard InChI is InChI=1S/C12H17NO3/c1-8(2)7-16-13-12(15)10-4-5-11(14)9(3)6-10/h4-6,8,14H,7H2,1-3H3,(H,13,15). The van der Waals surface area contributed by atoms with Crippen molar-refractivity contribution in [2.75, 3.05) is 6.61 Å². The lowest BCUT2D eigenvalue weighted by molar-refractivity contribution is 0.0208. The Morgan fingerprint density at radius 3 is 2.75 bits per heavy atom. The van der Waals surface area contributed by atoms with Crippen molar-refractivity contribution in [3.63, 3.8) is 0 Å². The summed E-state index contributed by atoms with van der Waals surface area (Å²) < 4.78 is 0. The molecule has 1 rings (SSSR count). The molecule has 1 amide bonds. The van der Waals surface area contributed by atoms with E-state index in [2.05, 4.69) is 5.48 Å². The minimum absolute atomic E-state index is 0.180. The molecule has 1 aromatic rings. The van der Waals surface area contributed by atoms with E-state index in [4.69, 9.17) is 4.84 Å². The fraction of sp³-hybridized carbons (Fsp3) is 0.417. The van der Waals surface area contributed by atoms with E-state index in [1.165, 1.54) is 6.07 Å². The lowest BCUT2D eigenvalue weighted by Gasteiger charge is -2.08. The van der Waals surface area contributed by atoms with Gasteiger partial charge in [0.1, 0.15) is 5.75 Å². The minimum Gasteiger partial charge on any atom is -0.508 e. The molecule has 0 aliphatic rings. The first-order valence-corrected chi connectivity index (χ1v) is 5.22. The summed E-state index contributed by atoms with van der Waals surface area (Å²) in [6.45, 7) is 6.21. The fourth-order valence-electron chi connectivity index (χ4n) is 1.13. The molecule has 2 N–H and O–H groups in total. The van der Waals surface area contributed by atoms with Crippen molar-refractivity contribution < 1.29 is 14.7 Å². The van der Waals surface area contributed by atoms with Gasteiger partial charge in [-0.15, -0.1) is 0 Å². The summed E-state index contributed by atoms with van der Waals surface area (Å²) in [6, 6.07) is 4.66. The number of hydrogen-bond donors (Lipinski definition) is 2. The molecule has 0 heterocycles. The highest BCUT2D eigenvalue weighted by Crippen LogP contribution is 2.16. The summed E-state index contributed by atoms with van der Waals surface area (Å²) >= 11 is 0. The van der Waals surface area contributed by atoms with Gasteiger partial charge in [0.15, 0.2) is 0 Å². The number of aryl methyl sites for hydroxylation is 1. The number of nitrogens with one attached hydrogen (secondary N) is 1. The maximum Gasteiger partial charge on any atom is 0.274 e. The van der Waals surface area contributed by atoms with E-state index in [9.17, 15) is 9.90 Å². The van der Waals surface area contributed by atoms with E-state index in [-0.39, 0.29) is 11.7 Å². The minimum atomic E-state index is -0.302. The quantitative estimate of drug-likeness (QED) is 0.768. The van der Waals surface area contributed by atoms with Crippen molar-refractivity contribution in [1.82, 2.24) is 5.48 Å². The van der Waals surface area contributed by atoms with E-state index in [0.717, 1.165) is 0 Å². The molecular formula is C12H17NO3. The fourth-order valence-corrected chi connectivity index (χ4v) is 1.13. The van der Waals surface area contributed by atoms with Crippen LogP contribution in [0.25, 0.3) is 0 Å². The Morgan fingerprint density at radius 2 is 2.19 bits per heavy atom. The van der Waals surface area contributed by atoms with Gasteiger partial charge >= 0.3 is 0 Å². The molecule has 0 fully saturated rings. The van der Waals surface area contributed by atoms with Crippen molar-refractivity contribution >= 4 is 5.91 Å². The van der Waals surface area contributed by atoms with E-state index in [1.54, 1.807) is 19.1 Å². The van der Waals surface area contributed by atoms with Gasteiger partial charge in [0.2, 0.25) is 0 Å². The summed E-state index contributed by atoms with van der Waals surface area (Å²) in [7, 11) is 0. The van der Waals surface area contributed by atoms with Crippen LogP contribution in [0.4, 0.5) is 0 Å². The first-order valence-electron chi connectivity index (χ1n) is 5.22. The van der Waals surface area contributed by atoms with Gasteiger partial charge in [-0.1, -0.05) is 13.8 Å². The Bertz CT molecular complexity index is 375. The Balaban J connectivity index is 2.56. The normalized spacial score (nSPS) is 10.5. The van der Waals surface area contributed by atoms with Crippen LogP contribution < -0.4 is 5.48 Å². The molecular weight excluding hydrogens is 206 g/mol. The summed E-state index contributed by atoms with van der Waals surface area (Å²) in [6.07, 6.45) is 0. The van der Waals surface area contributed by atoms with Crippen molar-refractivity contribution in [2.24, 2.45) is 5.92 Å². The highest BCUT2D eigenvalue weighted by atomic mass is 16.6. The van der Waals surface area contributed by atoms with Crippen molar-refractivity contribution in [2.45, 2.75) is 20.8 Å². The number of hydroxylamine groups is 1. The molecule has 0 unspecified atom stereocenters. The first kappa shape index (κ1) is 12.5. The molecule has 0 atom stereocenters. The molecule has 0 saturated carbocycles. The van der Waals surface area contributed by atoms with E-state index < -0.39 is 0 Å². The van der Waals surface area contributed by atoms with Crippen LogP contribution in [0.5, 0.6) is 5.75 Å². The molecule has 16 heavy (non-hydrogen) atoms. The molecule has 4 heteroatoms. The van der Waals surface area contributed by atoms with Crippen LogP contribution in [0.3, 0.4) is 0 Å². The van der Waals surface area contributed by atoms with E-state index in [0.29, 0.717) is 23.7 Å². The third kappa shape index (κ3) is 3.55. The van der Waals surface area contributed by atoms with Crippen LogP contribution >= 0.6 is 0 Å². The number of rotatable bonds is 4. The van der Waals surface area contributed by atoms with Gasteiger partial charge in [0, 0.05) is 5.56 Å². The van der Waals surface area contributed by atoms with Gasteiger partial charge in [-0.05, 0) is 36.6 Å². The summed E-state index contributed by atoms with van der Waals surface area (Å²) in [5, 5.41) is 9.31. The Kier molecular flexibility index (Phi) is 4.31. The van der Waals surface area contributed by atoms with Crippen LogP contribution in [-0.4, -0.2) is 17.6 Å². The first-order chi connectivity index (χ1) is 7.50. The molecule has 0 radical (unpaired) electrons. The second-order valence-corrected chi connectivity index (χ2v) is 4.14. The Hall–Kier alpha value is -1.55. The summed E-state index contributed by atoms with van der Waals surface area (Å²) in [5.74, 6) is 0.241. The molecule has 0 aliphatic heterocycles. The number of hydrogen-bond acceptors (Lipinski definition) is 3. The molecule has 0 bridgehead atoms. The van der Waals surface area contributed by atoms with Crippen molar-refractivity contribution in [3.8, 4) is 5.75 Å². The number of phenols is 1. The highest BCUT2D eigenvalue weighted by molar-refractivity contribution is 5.93. The van der Waals surface area contributed by atoms with Gasteiger partial charge in [-0.3, -0.25) is 9.63 Å². The number of carbonyl (C=O) groups is 1. The topological polar surface area (TPSA) is 58.6 Å². The SMILES string of the molecule is Cc1cc(C(=O)NOCC(C)C)ccc1O. The third-order valence-electron chi connectivity index (χ3n) is 2.04. The van der Waals surface area contributed by atoms with Crippen LogP contribution in [0.15, 0.2) is 18.2 Å². The van der Waals surface area contributed by atoms with Crippen LogP contribution in [0.1, 0.15) is 29.8 Å². The summed E-state index contributed by atoms with van der Waals surface area (Å²) in [4.78, 5) is 16.6. The van der Waals surface area contributed by atoms with Gasteiger partial charge in [0.25, 0.3) is 5.91 Å². The molecule has 4 nitrogen and oxygen atoms in total. The smallest absolute Gasteiger partial charge is 0.274 e. The largest absolute Gasteiger partial charge is 0.508 e. The second kappa shape index (κ2) is 5.51. The van der Waals surface area contributed by atoms with Crippen molar-refractivity contribution in [3.05, 3.63) is 29.3 Å². The van der Waals surface area contributed by atoms with Gasteiger partial charge < -0.3 is 5.11 Å². The molecule has 0 spiro atoms. The number of phenolic OH excluding ortho intramolecular Hbond substituents is 1. The molecule has 0 aliphatic carbocycles. The van der Waals surface area contributed by atoms with Gasteiger partial charge in [-0.25, -0.2) is 5.48 Å². The summed E-state index contributed by atoms with van der Waals surface area (Å²) in [5.41, 5.74) is 3.49. The zero-order valence-electron chi connectivity index (χ0n) is 9.78. The van der Waals surface area contributed by atoms with Crippen LogP contribution in [-0.2, 0) is 4.84 Å². The monoisotopic (exact) mass is 223 g/mol. The molecule has 0 aromatic heterocycles. The average molecular weight is 223 g/mol. The molecule has 1 aromatic carbocycles. The predicted molar refractivity (Wildman–Crippen MR) is 61.1 cm³/mol. The van der Waals surface area contributed by atoms with E-state index in [1.807, 2.05) is 13.8 Å². The highest BCUT2D eigenvalue weighted by Gasteiger charge is 2.07. The zero-order valence-corrected chi connectivity index (χ0v) is 9.78. The van der Waals surface area contributed by atoms with E-state index >= 15 is 0 Å². The Morgan fingerprint density at radius 1 is 1.50 bits per heavy atom. The van der Waals surface area contributed by atoms with Crippen LogP contribution in [0.2, 0.25) is 0 Å². The number of benzene rings is 1. The maximum absolute atomic E-state index is 11.6. The van der Waals surface area contributed by atoms with Crippen LogP contribution in [0, 0.1) is 12.8 Å². The molecule has 0 saturated heterocycles. The Labute approximate surface area is 95.2 Å². The molecule has 88 valence electrons. The van der Waals surface area contributed by atoms with Gasteiger partial charge in [-0.2, -0.15) is 0 Å². The zero-order chi connectivity index (χ0) is 12.1. The third-order valence-corrected chi connectivity index (χ3v) is 2.04. The lowest BCUT2D eigenvalue weighted by Crippen LogP contribution is -2.25. The lowest BCUT2D eigenvalue weighted by atomic mass is 10.1. The van der Waals surface area contributed by atoms with Crippen molar-refractivity contribution in [1.29, 1.82) is 0 Å². The second-order valence-electron chi connectivity index (χ2n) is 4.14. The average Bonchev–Trinajstić information content (AvgIpc) is 2.21.